The minimum Gasteiger partial charge on any atom is -0.493 e. The molecule has 19 heavy (non-hydrogen) atoms. The summed E-state index contributed by atoms with van der Waals surface area (Å²) in [5.41, 5.74) is 0.905. The van der Waals surface area contributed by atoms with Gasteiger partial charge in [-0.1, -0.05) is 28.9 Å². The zero-order valence-corrected chi connectivity index (χ0v) is 13.1. The summed E-state index contributed by atoms with van der Waals surface area (Å²) in [5.74, 6) is 1.32. The second kappa shape index (κ2) is 8.04. The molecule has 0 aliphatic heterocycles. The lowest BCUT2D eigenvalue weighted by molar-refractivity contribution is -0.120. The maximum absolute atomic E-state index is 11.7. The van der Waals surface area contributed by atoms with Gasteiger partial charge in [0.2, 0.25) is 5.91 Å². The van der Waals surface area contributed by atoms with E-state index in [4.69, 9.17) is 9.47 Å². The van der Waals surface area contributed by atoms with Gasteiger partial charge in [0.1, 0.15) is 0 Å². The van der Waals surface area contributed by atoms with Gasteiger partial charge in [-0.2, -0.15) is 0 Å². The van der Waals surface area contributed by atoms with Crippen LogP contribution < -0.4 is 14.8 Å². The molecule has 0 aliphatic rings. The van der Waals surface area contributed by atoms with Crippen LogP contribution in [0.25, 0.3) is 0 Å². The molecule has 5 heteroatoms. The maximum atomic E-state index is 11.7. The fraction of sp³-hybridized carbons (Fsp3) is 0.500. The van der Waals surface area contributed by atoms with Gasteiger partial charge >= 0.3 is 0 Å². The number of methoxy groups -OCH3 is 2. The van der Waals surface area contributed by atoms with Gasteiger partial charge in [0.25, 0.3) is 0 Å². The summed E-state index contributed by atoms with van der Waals surface area (Å²) in [6.45, 7) is 2.74. The summed E-state index contributed by atoms with van der Waals surface area (Å²) in [5, 5.41) is 2.89. The van der Waals surface area contributed by atoms with Crippen LogP contribution in [-0.4, -0.2) is 31.5 Å². The van der Waals surface area contributed by atoms with Gasteiger partial charge in [-0.15, -0.1) is 0 Å². The molecule has 0 aromatic heterocycles. The van der Waals surface area contributed by atoms with Crippen molar-refractivity contribution in [2.75, 3.05) is 20.8 Å². The van der Waals surface area contributed by atoms with Crippen molar-refractivity contribution in [2.24, 2.45) is 0 Å². The molecule has 0 saturated heterocycles. The molecule has 1 aromatic rings. The van der Waals surface area contributed by atoms with E-state index in [1.165, 1.54) is 0 Å². The molecule has 0 radical (unpaired) electrons. The third-order valence-electron chi connectivity index (χ3n) is 2.68. The second-order valence-corrected chi connectivity index (χ2v) is 5.85. The molecule has 4 nitrogen and oxygen atoms in total. The fourth-order valence-electron chi connectivity index (χ4n) is 1.65. The van der Waals surface area contributed by atoms with Gasteiger partial charge in [-0.05, 0) is 24.1 Å². The van der Waals surface area contributed by atoms with E-state index in [0.29, 0.717) is 29.3 Å². The van der Waals surface area contributed by atoms with E-state index < -0.39 is 0 Å². The van der Waals surface area contributed by atoms with Crippen LogP contribution in [0.4, 0.5) is 0 Å². The van der Waals surface area contributed by atoms with Crippen molar-refractivity contribution in [3.8, 4) is 11.5 Å². The first-order valence-corrected chi connectivity index (χ1v) is 7.10. The summed E-state index contributed by atoms with van der Waals surface area (Å²) in [6, 6.07) is 5.50. The third-order valence-corrected chi connectivity index (χ3v) is 3.13. The molecule has 1 rings (SSSR count). The lowest BCUT2D eigenvalue weighted by atomic mass is 10.1. The Morgan fingerprint density at radius 3 is 2.58 bits per heavy atom. The van der Waals surface area contributed by atoms with Gasteiger partial charge < -0.3 is 14.8 Å². The number of amides is 1. The second-order valence-electron chi connectivity index (χ2n) is 4.29. The van der Waals surface area contributed by atoms with E-state index in [-0.39, 0.29) is 5.91 Å². The van der Waals surface area contributed by atoms with Crippen molar-refractivity contribution in [1.29, 1.82) is 0 Å². The summed E-state index contributed by atoms with van der Waals surface area (Å²) >= 11 is 3.44. The highest BCUT2D eigenvalue weighted by molar-refractivity contribution is 9.09. The summed E-state index contributed by atoms with van der Waals surface area (Å²) < 4.78 is 10.4. The van der Waals surface area contributed by atoms with Crippen molar-refractivity contribution in [3.63, 3.8) is 0 Å². The molecule has 1 unspecified atom stereocenters. The molecule has 0 heterocycles. The van der Waals surface area contributed by atoms with E-state index in [0.717, 1.165) is 12.0 Å². The number of carbonyl (C=O) groups is 1. The number of nitrogens with one attached hydrogen (secondary N) is 1. The Balaban J connectivity index is 2.54. The number of rotatable bonds is 7. The summed E-state index contributed by atoms with van der Waals surface area (Å²) in [7, 11) is 3.17. The Hall–Kier alpha value is -1.23. The molecule has 0 fully saturated rings. The molecule has 0 spiro atoms. The van der Waals surface area contributed by atoms with E-state index in [2.05, 4.69) is 28.2 Å². The molecule has 1 amide bonds. The molecule has 0 saturated carbocycles. The van der Waals surface area contributed by atoms with Crippen LogP contribution in [0.2, 0.25) is 0 Å². The number of benzene rings is 1. The molecule has 1 N–H and O–H groups in total. The Morgan fingerprint density at radius 1 is 1.32 bits per heavy atom. The Labute approximate surface area is 122 Å². The number of alkyl halides is 1. The largest absolute Gasteiger partial charge is 0.493 e. The van der Waals surface area contributed by atoms with Crippen molar-refractivity contribution in [2.45, 2.75) is 24.6 Å². The van der Waals surface area contributed by atoms with Crippen molar-refractivity contribution < 1.29 is 14.3 Å². The van der Waals surface area contributed by atoms with Crippen molar-refractivity contribution in [1.82, 2.24) is 5.32 Å². The van der Waals surface area contributed by atoms with Crippen LogP contribution >= 0.6 is 15.9 Å². The first kappa shape index (κ1) is 15.8. The maximum Gasteiger partial charge on any atom is 0.224 e. The third kappa shape index (κ3) is 5.51. The number of halogens is 1. The highest BCUT2D eigenvalue weighted by Crippen LogP contribution is 2.27. The zero-order chi connectivity index (χ0) is 14.3. The molecule has 0 bridgehead atoms. The van der Waals surface area contributed by atoms with Crippen molar-refractivity contribution >= 4 is 21.8 Å². The van der Waals surface area contributed by atoms with Crippen LogP contribution in [0, 0.1) is 0 Å². The molecule has 1 atom stereocenters. The highest BCUT2D eigenvalue weighted by atomic mass is 79.9. The molecule has 0 aliphatic carbocycles. The molecular formula is C14H20BrNO3. The number of hydrogen-bond acceptors (Lipinski definition) is 3. The van der Waals surface area contributed by atoms with Gasteiger partial charge in [0, 0.05) is 11.4 Å². The normalized spacial score (nSPS) is 11.8. The number of ether oxygens (including phenoxy) is 2. The first-order chi connectivity index (χ1) is 9.06. The number of carbonyl (C=O) groups excluding carboxylic acids is 1. The van der Waals surface area contributed by atoms with Crippen LogP contribution in [0.15, 0.2) is 18.2 Å². The van der Waals surface area contributed by atoms with Gasteiger partial charge in [-0.3, -0.25) is 4.79 Å². The van der Waals surface area contributed by atoms with E-state index in [9.17, 15) is 4.79 Å². The topological polar surface area (TPSA) is 47.6 Å². The van der Waals surface area contributed by atoms with Crippen LogP contribution in [0.3, 0.4) is 0 Å². The van der Waals surface area contributed by atoms with E-state index in [1.807, 2.05) is 18.2 Å². The van der Waals surface area contributed by atoms with Gasteiger partial charge in [-0.25, -0.2) is 0 Å². The van der Waals surface area contributed by atoms with Crippen LogP contribution in [0.1, 0.15) is 18.9 Å². The summed E-state index contributed by atoms with van der Waals surface area (Å²) in [6.07, 6.45) is 1.26. The average molecular weight is 330 g/mol. The molecular weight excluding hydrogens is 310 g/mol. The minimum absolute atomic E-state index is 0.0142. The SMILES string of the molecule is COc1ccc(CC(=O)NCCC(C)Br)cc1OC. The fourth-order valence-corrected chi connectivity index (χ4v) is 1.88. The van der Waals surface area contributed by atoms with Crippen LogP contribution in [0.5, 0.6) is 11.5 Å². The quantitative estimate of drug-likeness (QED) is 0.782. The van der Waals surface area contributed by atoms with E-state index in [1.54, 1.807) is 14.2 Å². The predicted octanol–water partition coefficient (Wildman–Crippen LogP) is 2.54. The smallest absolute Gasteiger partial charge is 0.224 e. The molecule has 1 aromatic carbocycles. The Kier molecular flexibility index (Phi) is 6.70. The summed E-state index contributed by atoms with van der Waals surface area (Å²) in [4.78, 5) is 12.2. The van der Waals surface area contributed by atoms with Crippen molar-refractivity contribution in [3.05, 3.63) is 23.8 Å². The lowest BCUT2D eigenvalue weighted by Crippen LogP contribution is -2.27. The minimum atomic E-state index is 0.0142. The monoisotopic (exact) mass is 329 g/mol. The van der Waals surface area contributed by atoms with Gasteiger partial charge in [0.05, 0.1) is 20.6 Å². The standard InChI is InChI=1S/C14H20BrNO3/c1-10(15)6-7-16-14(17)9-11-4-5-12(18-2)13(8-11)19-3/h4-5,8,10H,6-7,9H2,1-3H3,(H,16,17). The zero-order valence-electron chi connectivity index (χ0n) is 11.5. The first-order valence-electron chi connectivity index (χ1n) is 6.18. The highest BCUT2D eigenvalue weighted by Gasteiger charge is 2.08. The lowest BCUT2D eigenvalue weighted by Gasteiger charge is -2.10. The van der Waals surface area contributed by atoms with Gasteiger partial charge in [0.15, 0.2) is 11.5 Å². The predicted molar refractivity (Wildman–Crippen MR) is 79.3 cm³/mol. The van der Waals surface area contributed by atoms with Crippen LogP contribution in [-0.2, 0) is 11.2 Å². The average Bonchev–Trinajstić information content (AvgIpc) is 2.38. The number of hydrogen-bond donors (Lipinski definition) is 1. The molecule has 106 valence electrons. The van der Waals surface area contributed by atoms with E-state index >= 15 is 0 Å². The Morgan fingerprint density at radius 2 is 2.00 bits per heavy atom. The Bertz CT molecular complexity index is 421.